The van der Waals surface area contributed by atoms with Gasteiger partial charge in [-0.05, 0) is 6.42 Å². The summed E-state index contributed by atoms with van der Waals surface area (Å²) in [6.07, 6.45) is -4.17. The molecular formula is C10H18F3NO4. The largest absolute Gasteiger partial charge is 0.542 e. The number of alkyl halides is 3. The molecule has 0 fully saturated rings. The molecule has 0 saturated heterocycles. The highest BCUT2D eigenvalue weighted by Gasteiger charge is 2.28. The predicted molar refractivity (Wildman–Crippen MR) is 54.4 cm³/mol. The molecule has 0 radical (unpaired) electrons. The molecule has 108 valence electrons. The van der Waals surface area contributed by atoms with E-state index >= 15 is 0 Å². The zero-order chi connectivity index (χ0) is 14.9. The van der Waals surface area contributed by atoms with Crippen molar-refractivity contribution in [3.05, 3.63) is 0 Å². The third-order valence-electron chi connectivity index (χ3n) is 1.94. The van der Waals surface area contributed by atoms with Crippen LogP contribution in [0.2, 0.25) is 0 Å². The fourth-order valence-electron chi connectivity index (χ4n) is 1.00. The average Bonchev–Trinajstić information content (AvgIpc) is 2.16. The Bertz CT molecular complexity index is 266. The molecular weight excluding hydrogens is 255 g/mol. The van der Waals surface area contributed by atoms with Crippen molar-refractivity contribution in [3.63, 3.8) is 0 Å². The maximum atomic E-state index is 10.6. The first-order chi connectivity index (χ1) is 8.03. The predicted octanol–water partition coefficient (Wildman–Crippen LogP) is -0.632. The van der Waals surface area contributed by atoms with Crippen LogP contribution in [0.5, 0.6) is 0 Å². The van der Waals surface area contributed by atoms with Crippen molar-refractivity contribution in [1.82, 2.24) is 0 Å². The minimum absolute atomic E-state index is 0.207. The van der Waals surface area contributed by atoms with E-state index in [0.717, 1.165) is 13.0 Å². The van der Waals surface area contributed by atoms with E-state index in [0.29, 0.717) is 0 Å². The van der Waals surface area contributed by atoms with Gasteiger partial charge in [-0.15, -0.1) is 0 Å². The average molecular weight is 273 g/mol. The molecule has 0 amide bonds. The summed E-state index contributed by atoms with van der Waals surface area (Å²) in [4.78, 5) is 19.4. The molecule has 0 aliphatic carbocycles. The quantitative estimate of drug-likeness (QED) is 0.697. The van der Waals surface area contributed by atoms with Gasteiger partial charge >= 0.3 is 12.1 Å². The zero-order valence-electron chi connectivity index (χ0n) is 10.5. The van der Waals surface area contributed by atoms with Crippen molar-refractivity contribution in [1.29, 1.82) is 0 Å². The van der Waals surface area contributed by atoms with Gasteiger partial charge in [0.05, 0.1) is 6.54 Å². The van der Waals surface area contributed by atoms with Crippen LogP contribution in [0.1, 0.15) is 27.2 Å². The number of rotatable bonds is 5. The van der Waals surface area contributed by atoms with E-state index in [9.17, 15) is 18.0 Å². The number of carbonyl (C=O) groups excluding carboxylic acids is 1. The molecule has 0 bridgehead atoms. The molecule has 0 rings (SSSR count). The molecule has 0 heterocycles. The van der Waals surface area contributed by atoms with E-state index in [-0.39, 0.29) is 12.0 Å². The normalized spacial score (nSPS) is 12.6. The van der Waals surface area contributed by atoms with Gasteiger partial charge in [-0.1, -0.05) is 20.8 Å². The summed E-state index contributed by atoms with van der Waals surface area (Å²) in [6, 6.07) is -0.269. The smallest absolute Gasteiger partial charge is 0.430 e. The van der Waals surface area contributed by atoms with Crippen LogP contribution in [-0.4, -0.2) is 35.8 Å². The number of hydrogen-bond acceptors (Lipinski definition) is 3. The highest BCUT2D eigenvalue weighted by Crippen LogP contribution is 2.11. The molecule has 0 spiro atoms. The number of quaternary nitrogens is 1. The van der Waals surface area contributed by atoms with Crippen LogP contribution in [-0.2, 0) is 9.59 Å². The van der Waals surface area contributed by atoms with Gasteiger partial charge in [-0.2, -0.15) is 13.2 Å². The third kappa shape index (κ3) is 9.88. The highest BCUT2D eigenvalue weighted by molar-refractivity contribution is 5.71. The maximum absolute atomic E-state index is 10.6. The van der Waals surface area contributed by atoms with Crippen LogP contribution < -0.4 is 10.4 Å². The van der Waals surface area contributed by atoms with Crippen molar-refractivity contribution in [2.45, 2.75) is 39.4 Å². The van der Waals surface area contributed by atoms with Gasteiger partial charge in [0.1, 0.15) is 5.97 Å². The number of aliphatic carboxylic acids is 2. The summed E-state index contributed by atoms with van der Waals surface area (Å²) in [5, 5.41) is 19.4. The number of halogens is 3. The SMILES string of the molecule is CCC[NH2+][C@H](C(=O)O)C(C)C.O=C([O-])C(F)(F)F. The number of hydrogen-bond donors (Lipinski definition) is 2. The van der Waals surface area contributed by atoms with E-state index in [1.54, 1.807) is 0 Å². The molecule has 5 nitrogen and oxygen atoms in total. The van der Waals surface area contributed by atoms with Gasteiger partial charge in [0, 0.05) is 5.92 Å². The topological polar surface area (TPSA) is 94.0 Å². The lowest BCUT2D eigenvalue weighted by molar-refractivity contribution is -0.683. The molecule has 0 saturated carbocycles. The minimum Gasteiger partial charge on any atom is -0.542 e. The third-order valence-corrected chi connectivity index (χ3v) is 1.94. The van der Waals surface area contributed by atoms with E-state index in [4.69, 9.17) is 15.0 Å². The lowest BCUT2D eigenvalue weighted by Gasteiger charge is -2.13. The zero-order valence-corrected chi connectivity index (χ0v) is 10.5. The first-order valence-electron chi connectivity index (χ1n) is 5.38. The van der Waals surface area contributed by atoms with Gasteiger partial charge < -0.3 is 20.3 Å². The van der Waals surface area contributed by atoms with Crippen molar-refractivity contribution >= 4 is 11.9 Å². The van der Waals surface area contributed by atoms with Crippen LogP contribution in [0.3, 0.4) is 0 Å². The molecule has 0 aliphatic rings. The van der Waals surface area contributed by atoms with Crippen molar-refractivity contribution in [3.8, 4) is 0 Å². The summed E-state index contributed by atoms with van der Waals surface area (Å²) >= 11 is 0. The molecule has 0 unspecified atom stereocenters. The maximum Gasteiger partial charge on any atom is 0.430 e. The van der Waals surface area contributed by atoms with Crippen LogP contribution >= 0.6 is 0 Å². The first kappa shape index (κ1) is 19.0. The molecule has 0 aromatic heterocycles. The molecule has 0 aromatic carbocycles. The Labute approximate surface area is 103 Å². The van der Waals surface area contributed by atoms with Gasteiger partial charge in [0.2, 0.25) is 0 Å². The van der Waals surface area contributed by atoms with Crippen molar-refractivity contribution < 1.29 is 38.3 Å². The van der Waals surface area contributed by atoms with E-state index < -0.39 is 18.1 Å². The van der Waals surface area contributed by atoms with Gasteiger partial charge in [0.25, 0.3) is 0 Å². The van der Waals surface area contributed by atoms with E-state index in [1.165, 1.54) is 0 Å². The summed E-state index contributed by atoms with van der Waals surface area (Å²) < 4.78 is 31.5. The van der Waals surface area contributed by atoms with E-state index in [2.05, 4.69) is 6.92 Å². The number of carbonyl (C=O) groups is 2. The Hall–Kier alpha value is -1.31. The van der Waals surface area contributed by atoms with Crippen molar-refractivity contribution in [2.24, 2.45) is 5.92 Å². The fraction of sp³-hybridized carbons (Fsp3) is 0.800. The second kappa shape index (κ2) is 8.73. The second-order valence-corrected chi connectivity index (χ2v) is 3.92. The van der Waals surface area contributed by atoms with Crippen molar-refractivity contribution in [2.75, 3.05) is 6.54 Å². The standard InChI is InChI=1S/C8H17NO2.C2HF3O2/c1-4-5-9-7(6(2)3)8(10)11;3-2(4,5)1(6)7/h6-7,9H,4-5H2,1-3H3,(H,10,11);(H,6,7)/t7-;/m0./s1. The Morgan fingerprint density at radius 3 is 1.89 bits per heavy atom. The summed E-state index contributed by atoms with van der Waals surface area (Å²) in [5.41, 5.74) is 0. The Kier molecular flexibility index (Phi) is 9.24. The number of carboxylic acids is 2. The number of carboxylic acid groups (broad SMARTS) is 2. The molecule has 0 aliphatic heterocycles. The molecule has 3 N–H and O–H groups in total. The van der Waals surface area contributed by atoms with Gasteiger partial charge in [0.15, 0.2) is 6.04 Å². The van der Waals surface area contributed by atoms with Crippen LogP contribution in [0.15, 0.2) is 0 Å². The highest BCUT2D eigenvalue weighted by atomic mass is 19.4. The molecule has 8 heteroatoms. The second-order valence-electron chi connectivity index (χ2n) is 3.92. The van der Waals surface area contributed by atoms with Crippen LogP contribution in [0.4, 0.5) is 13.2 Å². The van der Waals surface area contributed by atoms with Gasteiger partial charge in [-0.3, -0.25) is 0 Å². The van der Waals surface area contributed by atoms with Gasteiger partial charge in [-0.25, -0.2) is 4.79 Å². The Morgan fingerprint density at radius 1 is 1.33 bits per heavy atom. The first-order valence-corrected chi connectivity index (χ1v) is 5.38. The molecule has 0 aromatic rings. The lowest BCUT2D eigenvalue weighted by Crippen LogP contribution is -2.93. The van der Waals surface area contributed by atoms with Crippen LogP contribution in [0, 0.1) is 5.92 Å². The number of nitrogens with two attached hydrogens (primary N) is 1. The fourth-order valence-corrected chi connectivity index (χ4v) is 1.00. The monoisotopic (exact) mass is 273 g/mol. The minimum atomic E-state index is -5.19. The Morgan fingerprint density at radius 2 is 1.72 bits per heavy atom. The molecule has 1 atom stereocenters. The lowest BCUT2D eigenvalue weighted by atomic mass is 10.1. The summed E-state index contributed by atoms with van der Waals surface area (Å²) in [5.74, 6) is -3.50. The molecule has 18 heavy (non-hydrogen) atoms. The van der Waals surface area contributed by atoms with E-state index in [1.807, 2.05) is 19.2 Å². The van der Waals surface area contributed by atoms with Crippen LogP contribution in [0.25, 0.3) is 0 Å². The summed E-state index contributed by atoms with van der Waals surface area (Å²) in [6.45, 7) is 6.82. The summed E-state index contributed by atoms with van der Waals surface area (Å²) in [7, 11) is 0. The Balaban J connectivity index is 0.